The van der Waals surface area contributed by atoms with E-state index in [4.69, 9.17) is 0 Å². The minimum absolute atomic E-state index is 0.143. The van der Waals surface area contributed by atoms with Crippen molar-refractivity contribution in [2.45, 2.75) is 48.0 Å². The molecular formula is C14H22O. The highest BCUT2D eigenvalue weighted by atomic mass is 16.1. The van der Waals surface area contributed by atoms with Gasteiger partial charge in [0.25, 0.3) is 0 Å². The maximum Gasteiger partial charge on any atom is 0.134 e. The van der Waals surface area contributed by atoms with Gasteiger partial charge >= 0.3 is 0 Å². The number of allylic oxidation sites excluding steroid dienone is 2. The number of carbonyl (C=O) groups is 1. The van der Waals surface area contributed by atoms with Gasteiger partial charge in [0.15, 0.2) is 0 Å². The maximum absolute atomic E-state index is 11.9. The fourth-order valence-electron chi connectivity index (χ4n) is 4.59. The summed E-state index contributed by atoms with van der Waals surface area (Å²) in [6, 6.07) is 0. The molecule has 0 radical (unpaired) electrons. The van der Waals surface area contributed by atoms with Gasteiger partial charge in [-0.1, -0.05) is 31.9 Å². The van der Waals surface area contributed by atoms with Crippen molar-refractivity contribution in [3.63, 3.8) is 0 Å². The first kappa shape index (κ1) is 10.9. The molecule has 2 rings (SSSR count). The second kappa shape index (κ2) is 2.75. The standard InChI is InChI=1S/C14H22O/c1-8-9(2)14(6)7-11(8)13(4,5)12(14)10(3)15/h11-12H,7H2,1-6H3/t11-,12?,14?/m1/s1. The maximum atomic E-state index is 11.9. The van der Waals surface area contributed by atoms with Gasteiger partial charge in [-0.2, -0.15) is 0 Å². The van der Waals surface area contributed by atoms with E-state index in [-0.39, 0.29) is 16.7 Å². The van der Waals surface area contributed by atoms with Gasteiger partial charge < -0.3 is 0 Å². The van der Waals surface area contributed by atoms with Crippen molar-refractivity contribution in [3.8, 4) is 0 Å². The van der Waals surface area contributed by atoms with Crippen LogP contribution in [-0.2, 0) is 4.79 Å². The lowest BCUT2D eigenvalue weighted by Gasteiger charge is -2.42. The van der Waals surface area contributed by atoms with Gasteiger partial charge in [0.2, 0.25) is 0 Å². The summed E-state index contributed by atoms with van der Waals surface area (Å²) in [5, 5.41) is 0. The Labute approximate surface area is 92.9 Å². The van der Waals surface area contributed by atoms with E-state index in [0.717, 1.165) is 0 Å². The Kier molecular flexibility index (Phi) is 2.00. The lowest BCUT2D eigenvalue weighted by atomic mass is 9.61. The van der Waals surface area contributed by atoms with Crippen molar-refractivity contribution in [2.75, 3.05) is 0 Å². The molecule has 2 aliphatic rings. The molecule has 0 aromatic heterocycles. The molecule has 1 saturated carbocycles. The van der Waals surface area contributed by atoms with Crippen molar-refractivity contribution < 1.29 is 4.79 Å². The summed E-state index contributed by atoms with van der Waals surface area (Å²) in [6.45, 7) is 13.1. The van der Waals surface area contributed by atoms with Gasteiger partial charge in [-0.25, -0.2) is 0 Å². The van der Waals surface area contributed by atoms with Gasteiger partial charge in [0.05, 0.1) is 0 Å². The summed E-state index contributed by atoms with van der Waals surface area (Å²) in [6.07, 6.45) is 1.18. The Balaban J connectivity index is 2.58. The van der Waals surface area contributed by atoms with E-state index in [2.05, 4.69) is 34.6 Å². The predicted molar refractivity (Wildman–Crippen MR) is 62.5 cm³/mol. The van der Waals surface area contributed by atoms with Crippen LogP contribution in [0.5, 0.6) is 0 Å². The average molecular weight is 206 g/mol. The third-order valence-corrected chi connectivity index (χ3v) is 5.28. The van der Waals surface area contributed by atoms with Crippen LogP contribution >= 0.6 is 0 Å². The van der Waals surface area contributed by atoms with Crippen LogP contribution in [0.2, 0.25) is 0 Å². The van der Waals surface area contributed by atoms with Crippen LogP contribution in [0.4, 0.5) is 0 Å². The molecule has 2 bridgehead atoms. The molecule has 1 fully saturated rings. The third-order valence-electron chi connectivity index (χ3n) is 5.28. The number of rotatable bonds is 1. The summed E-state index contributed by atoms with van der Waals surface area (Å²) in [5.41, 5.74) is 3.32. The summed E-state index contributed by atoms with van der Waals surface area (Å²) >= 11 is 0. The minimum atomic E-state index is 0.143. The highest BCUT2D eigenvalue weighted by molar-refractivity contribution is 5.82. The number of carbonyl (C=O) groups excluding carboxylic acids is 1. The SMILES string of the molecule is CC(=O)C1C2(C)C[C@H](C(C)=C2C)C1(C)C. The van der Waals surface area contributed by atoms with Crippen LogP contribution in [0.3, 0.4) is 0 Å². The van der Waals surface area contributed by atoms with Gasteiger partial charge in [0, 0.05) is 5.92 Å². The molecule has 0 N–H and O–H groups in total. The third kappa shape index (κ3) is 1.07. The molecule has 2 aliphatic carbocycles. The zero-order chi connectivity index (χ0) is 11.6. The fraction of sp³-hybridized carbons (Fsp3) is 0.786. The molecule has 0 amide bonds. The number of ketones is 1. The Morgan fingerprint density at radius 3 is 2.20 bits per heavy atom. The minimum Gasteiger partial charge on any atom is -0.300 e. The molecule has 84 valence electrons. The quantitative estimate of drug-likeness (QED) is 0.599. The molecule has 3 atom stereocenters. The second-order valence-electron chi connectivity index (χ2n) is 6.35. The second-order valence-corrected chi connectivity index (χ2v) is 6.35. The van der Waals surface area contributed by atoms with Crippen molar-refractivity contribution in [2.24, 2.45) is 22.7 Å². The Morgan fingerprint density at radius 1 is 1.27 bits per heavy atom. The summed E-state index contributed by atoms with van der Waals surface area (Å²) < 4.78 is 0. The van der Waals surface area contributed by atoms with Crippen LogP contribution in [0, 0.1) is 22.7 Å². The number of Topliss-reactive ketones (excluding diaryl/α,β-unsaturated/α-hetero) is 1. The largest absolute Gasteiger partial charge is 0.300 e. The molecule has 0 aliphatic heterocycles. The highest BCUT2D eigenvalue weighted by Gasteiger charge is 2.62. The number of fused-ring (bicyclic) bond motifs is 2. The molecule has 2 unspecified atom stereocenters. The number of hydrogen-bond acceptors (Lipinski definition) is 1. The molecular weight excluding hydrogens is 184 g/mol. The van der Waals surface area contributed by atoms with Crippen LogP contribution < -0.4 is 0 Å². The zero-order valence-electron chi connectivity index (χ0n) is 10.8. The van der Waals surface area contributed by atoms with Crippen LogP contribution in [-0.4, -0.2) is 5.78 Å². The molecule has 0 aromatic rings. The summed E-state index contributed by atoms with van der Waals surface area (Å²) in [4.78, 5) is 11.9. The topological polar surface area (TPSA) is 17.1 Å². The van der Waals surface area contributed by atoms with E-state index in [1.165, 1.54) is 12.0 Å². The molecule has 0 heterocycles. The normalized spacial score (nSPS) is 42.5. The van der Waals surface area contributed by atoms with Gasteiger partial charge in [-0.3, -0.25) is 4.79 Å². The van der Waals surface area contributed by atoms with Gasteiger partial charge in [-0.15, -0.1) is 0 Å². The molecule has 1 nitrogen and oxygen atoms in total. The van der Waals surface area contributed by atoms with Gasteiger partial charge in [-0.05, 0) is 43.9 Å². The number of hydrogen-bond donors (Lipinski definition) is 0. The Bertz CT molecular complexity index is 362. The molecule has 1 heteroatoms. The van der Waals surface area contributed by atoms with Crippen molar-refractivity contribution in [1.29, 1.82) is 0 Å². The zero-order valence-corrected chi connectivity index (χ0v) is 10.8. The van der Waals surface area contributed by atoms with E-state index < -0.39 is 0 Å². The predicted octanol–water partition coefficient (Wildman–Crippen LogP) is 3.59. The van der Waals surface area contributed by atoms with Gasteiger partial charge in [0.1, 0.15) is 5.78 Å². The van der Waals surface area contributed by atoms with E-state index in [1.807, 2.05) is 0 Å². The Morgan fingerprint density at radius 2 is 1.80 bits per heavy atom. The first-order chi connectivity index (χ1) is 6.73. The van der Waals surface area contributed by atoms with E-state index >= 15 is 0 Å². The van der Waals surface area contributed by atoms with Crippen LogP contribution in [0.25, 0.3) is 0 Å². The molecule has 0 spiro atoms. The van der Waals surface area contributed by atoms with Crippen molar-refractivity contribution in [1.82, 2.24) is 0 Å². The molecule has 15 heavy (non-hydrogen) atoms. The first-order valence-electron chi connectivity index (χ1n) is 5.91. The van der Waals surface area contributed by atoms with E-state index in [9.17, 15) is 4.79 Å². The summed E-state index contributed by atoms with van der Waals surface area (Å²) in [5.74, 6) is 1.21. The first-order valence-corrected chi connectivity index (χ1v) is 5.91. The monoisotopic (exact) mass is 206 g/mol. The average Bonchev–Trinajstić information content (AvgIpc) is 2.42. The van der Waals surface area contributed by atoms with Crippen molar-refractivity contribution >= 4 is 5.78 Å². The van der Waals surface area contributed by atoms with Crippen LogP contribution in [0.1, 0.15) is 48.0 Å². The summed E-state index contributed by atoms with van der Waals surface area (Å²) in [7, 11) is 0. The van der Waals surface area contributed by atoms with Crippen LogP contribution in [0.15, 0.2) is 11.1 Å². The fourth-order valence-corrected chi connectivity index (χ4v) is 4.59. The van der Waals surface area contributed by atoms with E-state index in [1.54, 1.807) is 12.5 Å². The molecule has 0 aromatic carbocycles. The molecule has 0 saturated heterocycles. The van der Waals surface area contributed by atoms with Crippen molar-refractivity contribution in [3.05, 3.63) is 11.1 Å². The highest BCUT2D eigenvalue weighted by Crippen LogP contribution is 2.67. The lowest BCUT2D eigenvalue weighted by molar-refractivity contribution is -0.126. The Hall–Kier alpha value is -0.590. The lowest BCUT2D eigenvalue weighted by Crippen LogP contribution is -2.40. The van der Waals surface area contributed by atoms with E-state index in [0.29, 0.717) is 11.7 Å². The smallest absolute Gasteiger partial charge is 0.134 e.